The molecular weight excluding hydrogens is 715 g/mol. The highest BCUT2D eigenvalue weighted by Crippen LogP contribution is 2.23. The normalized spacial score (nSPS) is 16.3. The Hall–Kier alpha value is -6.31. The number of carboxylic acids is 1. The number of imidazole rings is 1. The second kappa shape index (κ2) is 17.4. The number of amides is 1. The minimum Gasteiger partial charge on any atom is -0.497 e. The van der Waals surface area contributed by atoms with Crippen LogP contribution in [0.25, 0.3) is 11.0 Å². The molecule has 5 aromatic rings. The van der Waals surface area contributed by atoms with E-state index in [1.54, 1.807) is 31.4 Å². The van der Waals surface area contributed by atoms with Crippen LogP contribution in [0.4, 0.5) is 23.5 Å². The molecule has 2 saturated heterocycles. The molecule has 0 saturated carbocycles. The van der Waals surface area contributed by atoms with Gasteiger partial charge in [-0.25, -0.2) is 9.78 Å². The third-order valence-corrected chi connectivity index (χ3v) is 9.99. The number of nitriles is 1. The van der Waals surface area contributed by atoms with Crippen LogP contribution < -0.4 is 20.3 Å². The van der Waals surface area contributed by atoms with E-state index in [-0.39, 0.29) is 30.3 Å². The number of methoxy groups -OCH3 is 1. The van der Waals surface area contributed by atoms with Crippen LogP contribution in [0.2, 0.25) is 0 Å². The van der Waals surface area contributed by atoms with Crippen LogP contribution in [0.5, 0.6) is 5.75 Å². The van der Waals surface area contributed by atoms with E-state index in [0.717, 1.165) is 65.4 Å². The Balaban J connectivity index is 1.07. The van der Waals surface area contributed by atoms with Crippen LogP contribution in [-0.4, -0.2) is 117 Å². The van der Waals surface area contributed by atoms with Gasteiger partial charge in [-0.3, -0.25) is 9.69 Å². The van der Waals surface area contributed by atoms with Crippen LogP contribution >= 0.6 is 0 Å². The molecule has 4 heterocycles. The number of likely N-dealkylation sites (N-methyl/N-ethyl adjacent to an activating group) is 1. The summed E-state index contributed by atoms with van der Waals surface area (Å²) >= 11 is 0. The number of aromatic amines is 1. The fraction of sp³-hybridized carbons (Fsp3) is 0.375. The summed E-state index contributed by atoms with van der Waals surface area (Å²) in [5.74, 6) is 1.20. The van der Waals surface area contributed by atoms with Gasteiger partial charge in [-0.05, 0) is 60.4 Å². The van der Waals surface area contributed by atoms with Crippen molar-refractivity contribution < 1.29 is 24.2 Å². The molecule has 16 nitrogen and oxygen atoms in total. The number of fused-ring (bicyclic) bond motifs is 1. The molecule has 1 unspecified atom stereocenters. The maximum atomic E-state index is 12.8. The van der Waals surface area contributed by atoms with Crippen molar-refractivity contribution in [2.45, 2.75) is 44.4 Å². The zero-order valence-electron chi connectivity index (χ0n) is 31.4. The van der Waals surface area contributed by atoms with Gasteiger partial charge in [-0.1, -0.05) is 24.3 Å². The number of hydrogen-bond donors (Lipinski definition) is 4. The minimum absolute atomic E-state index is 0.0906. The number of nitrogens with one attached hydrogen (secondary N) is 3. The topological polar surface area (TPSA) is 198 Å². The lowest BCUT2D eigenvalue weighted by atomic mass is 10.0. The third-order valence-electron chi connectivity index (χ3n) is 9.99. The third kappa shape index (κ3) is 9.49. The first kappa shape index (κ1) is 38.0. The number of rotatable bonds is 15. The molecule has 0 aliphatic carbocycles. The van der Waals surface area contributed by atoms with Gasteiger partial charge in [0.15, 0.2) is 0 Å². The van der Waals surface area contributed by atoms with Crippen molar-refractivity contribution in [3.63, 3.8) is 0 Å². The molecule has 16 heteroatoms. The smallest absolute Gasteiger partial charge is 0.326 e. The molecule has 3 aromatic carbocycles. The lowest BCUT2D eigenvalue weighted by Crippen LogP contribution is -2.51. The standard InChI is InChI=1S/C40H45N11O5/c1-49(15-14-35-43-31-13-12-30(55-2)23-32(31)44-35)40-47-38(46-39(48-40)45-33(37(53)54)22-26-8-10-27(24-41)11-9-26)42-29-6-3-5-28(21-29)25-50-16-18-51(19-17-50)36(52)34-7-4-20-56-34/h3,5-6,8-13,21,23,33-34H,4,7,14-20,22,25H2,1-2H3,(H,43,44)(H,53,54)(H2,42,45,46,47,48)/t33?,34-/m0/s1. The van der Waals surface area contributed by atoms with E-state index >= 15 is 0 Å². The first-order valence-electron chi connectivity index (χ1n) is 18.7. The lowest BCUT2D eigenvalue weighted by molar-refractivity contribution is -0.142. The van der Waals surface area contributed by atoms with Crippen molar-refractivity contribution in [2.75, 3.05) is 69.0 Å². The second-order valence-corrected chi connectivity index (χ2v) is 14.0. The SMILES string of the molecule is COc1ccc2nc(CCN(C)c3nc(Nc4cccc(CN5CCN(C(=O)[C@@H]6CCCO6)CC5)c4)nc(NC(Cc4ccc(C#N)cc4)C(=O)O)n3)[nH]c2c1. The van der Waals surface area contributed by atoms with E-state index in [1.807, 2.05) is 53.2 Å². The number of benzene rings is 3. The molecular formula is C40H45N11O5. The molecule has 2 fully saturated rings. The molecule has 2 atom stereocenters. The van der Waals surface area contributed by atoms with Crippen LogP contribution in [0.3, 0.4) is 0 Å². The Morgan fingerprint density at radius 2 is 1.84 bits per heavy atom. The highest BCUT2D eigenvalue weighted by atomic mass is 16.5. The van der Waals surface area contributed by atoms with Crippen molar-refractivity contribution in [1.29, 1.82) is 5.26 Å². The Morgan fingerprint density at radius 1 is 1.04 bits per heavy atom. The minimum atomic E-state index is -1.08. The predicted molar refractivity (Wildman–Crippen MR) is 210 cm³/mol. The van der Waals surface area contributed by atoms with E-state index in [9.17, 15) is 20.0 Å². The van der Waals surface area contributed by atoms with E-state index in [0.29, 0.717) is 50.7 Å². The molecule has 56 heavy (non-hydrogen) atoms. The van der Waals surface area contributed by atoms with Gasteiger partial charge in [0, 0.05) is 77.5 Å². The monoisotopic (exact) mass is 759 g/mol. The van der Waals surface area contributed by atoms with Gasteiger partial charge in [0.2, 0.25) is 17.8 Å². The van der Waals surface area contributed by atoms with Crippen molar-refractivity contribution in [3.05, 3.63) is 89.2 Å². The molecule has 7 rings (SSSR count). The molecule has 2 aliphatic heterocycles. The van der Waals surface area contributed by atoms with Crippen LogP contribution in [-0.2, 0) is 33.7 Å². The molecule has 4 N–H and O–H groups in total. The molecule has 0 bridgehead atoms. The summed E-state index contributed by atoms with van der Waals surface area (Å²) in [5, 5.41) is 25.7. The Bertz CT molecular complexity index is 2190. The van der Waals surface area contributed by atoms with E-state index in [2.05, 4.69) is 42.6 Å². The molecule has 0 radical (unpaired) electrons. The van der Waals surface area contributed by atoms with E-state index in [1.165, 1.54) is 0 Å². The summed E-state index contributed by atoms with van der Waals surface area (Å²) in [7, 11) is 3.48. The number of H-pyrrole nitrogens is 1. The van der Waals surface area contributed by atoms with Crippen molar-refractivity contribution in [2.24, 2.45) is 0 Å². The number of aliphatic carboxylic acids is 1. The number of carbonyl (C=O) groups excluding carboxylic acids is 1. The zero-order chi connectivity index (χ0) is 39.0. The Kier molecular flexibility index (Phi) is 11.8. The van der Waals surface area contributed by atoms with E-state index in [4.69, 9.17) is 19.4 Å². The molecule has 290 valence electrons. The molecule has 1 amide bonds. The number of ether oxygens (including phenoxy) is 2. The number of hydrogen-bond acceptors (Lipinski definition) is 13. The van der Waals surface area contributed by atoms with Gasteiger partial charge in [-0.15, -0.1) is 0 Å². The Morgan fingerprint density at radius 3 is 2.57 bits per heavy atom. The van der Waals surface area contributed by atoms with Gasteiger partial charge >= 0.3 is 5.97 Å². The fourth-order valence-electron chi connectivity index (χ4n) is 6.86. The van der Waals surface area contributed by atoms with Gasteiger partial charge in [0.1, 0.15) is 23.7 Å². The quantitative estimate of drug-likeness (QED) is 0.120. The predicted octanol–water partition coefficient (Wildman–Crippen LogP) is 3.98. The fourth-order valence-corrected chi connectivity index (χ4v) is 6.86. The summed E-state index contributed by atoms with van der Waals surface area (Å²) in [4.78, 5) is 53.4. The van der Waals surface area contributed by atoms with Gasteiger partial charge in [0.05, 0.1) is 29.8 Å². The van der Waals surface area contributed by atoms with Crippen molar-refractivity contribution in [3.8, 4) is 11.8 Å². The molecule has 0 spiro atoms. The number of nitrogens with zero attached hydrogens (tertiary/aromatic N) is 8. The first-order chi connectivity index (χ1) is 27.2. The van der Waals surface area contributed by atoms with Crippen LogP contribution in [0, 0.1) is 11.3 Å². The number of aromatic nitrogens is 5. The van der Waals surface area contributed by atoms with Crippen molar-refractivity contribution in [1.82, 2.24) is 34.7 Å². The molecule has 2 aromatic heterocycles. The summed E-state index contributed by atoms with van der Waals surface area (Å²) in [6.07, 6.45) is 2.13. The summed E-state index contributed by atoms with van der Waals surface area (Å²) in [6.45, 7) is 4.73. The maximum absolute atomic E-state index is 12.8. The first-order valence-corrected chi connectivity index (χ1v) is 18.7. The van der Waals surface area contributed by atoms with Gasteiger partial charge < -0.3 is 40.0 Å². The summed E-state index contributed by atoms with van der Waals surface area (Å²) < 4.78 is 11.0. The second-order valence-electron chi connectivity index (χ2n) is 14.0. The number of carboxylic acid groups (broad SMARTS) is 1. The van der Waals surface area contributed by atoms with Gasteiger partial charge in [0.25, 0.3) is 5.91 Å². The highest BCUT2D eigenvalue weighted by Gasteiger charge is 2.30. The maximum Gasteiger partial charge on any atom is 0.326 e. The zero-order valence-corrected chi connectivity index (χ0v) is 31.4. The van der Waals surface area contributed by atoms with Crippen LogP contribution in [0.15, 0.2) is 66.7 Å². The Labute approximate surface area is 324 Å². The average molecular weight is 760 g/mol. The molecule has 2 aliphatic rings. The average Bonchev–Trinajstić information content (AvgIpc) is 3.90. The largest absolute Gasteiger partial charge is 0.497 e. The van der Waals surface area contributed by atoms with E-state index < -0.39 is 12.0 Å². The highest BCUT2D eigenvalue weighted by molar-refractivity contribution is 5.81. The van der Waals surface area contributed by atoms with Crippen molar-refractivity contribution >= 4 is 46.4 Å². The number of piperazine rings is 1. The summed E-state index contributed by atoms with van der Waals surface area (Å²) in [6, 6.07) is 21.5. The van der Waals surface area contributed by atoms with Crippen LogP contribution in [0.1, 0.15) is 35.4 Å². The number of carbonyl (C=O) groups is 2. The summed E-state index contributed by atoms with van der Waals surface area (Å²) in [5.41, 5.74) is 4.77. The number of anilines is 4. The van der Waals surface area contributed by atoms with Gasteiger partial charge in [-0.2, -0.15) is 20.2 Å². The lowest BCUT2D eigenvalue weighted by Gasteiger charge is -2.35.